The number of phosphoric acid groups is 3. The van der Waals surface area contributed by atoms with Gasteiger partial charge < -0.3 is 55.6 Å². The fraction of sp³-hybridized carbons (Fsp3) is 0.692. The number of carbonyl (C=O) groups excluding carboxylic acids is 3. The standard InChI is InChI=1S/C39H64N7O18P3S/c1-4-5-12-15-26-27(61-26)16-13-10-8-6-7-9-11-14-17-30(48)68-21-20-41-29(47)18-19-42-37(51)34(50)39(2,3)23-60-67(57,58)64-66(55,56)59-22-28-33(63-65(52,53)54)32(49)38(62-28)46-25-45-31-35(40)43-24-44-36(31)46/h6-7,10,13,24-28,32-34,38,49-50H,4-5,8-9,11-12,14-23H2,1-3H3,(H,41,47)(H,42,51)(H,55,56)(H,57,58)(H2,40,43,44)(H2,52,53,54)/b7-6+,13-10+. The maximum absolute atomic E-state index is 12.7. The second-order valence-electron chi connectivity index (χ2n) is 16.7. The zero-order valence-electron chi connectivity index (χ0n) is 38.0. The molecule has 2 saturated heterocycles. The maximum Gasteiger partial charge on any atom is 0.481 e. The van der Waals surface area contributed by atoms with Gasteiger partial charge in [-0.1, -0.05) is 76.1 Å². The van der Waals surface area contributed by atoms with Gasteiger partial charge in [-0.3, -0.25) is 32.5 Å². The average molecular weight is 1040 g/mol. The van der Waals surface area contributed by atoms with Crippen molar-refractivity contribution >= 4 is 69.1 Å². The fourth-order valence-corrected chi connectivity index (χ4v) is 10.3. The first-order valence-electron chi connectivity index (χ1n) is 22.0. The summed E-state index contributed by atoms with van der Waals surface area (Å²) in [6.45, 7) is 2.72. The van der Waals surface area contributed by atoms with Gasteiger partial charge in [0.05, 0.1) is 31.7 Å². The SMILES string of the molecule is CCCCCC1OC1C/C=C/C/C=C/CCCCC(=O)SCCNC(=O)CCNC(=O)C(O)C(C)(C)COP(=O)(O)OP(=O)(O)OCC1OC(n2cnc3c(N)ncnc32)C(O)C1OP(=O)(O)O. The van der Waals surface area contributed by atoms with Crippen molar-refractivity contribution in [2.75, 3.05) is 37.8 Å². The first kappa shape index (κ1) is 57.6. The minimum Gasteiger partial charge on any atom is -0.386 e. The molecule has 2 aliphatic heterocycles. The number of aliphatic hydroxyl groups excluding tert-OH is 2. The molecule has 4 rings (SSSR count). The Morgan fingerprint density at radius 1 is 0.926 bits per heavy atom. The van der Waals surface area contributed by atoms with Gasteiger partial charge in [0.2, 0.25) is 11.8 Å². The molecule has 0 bridgehead atoms. The zero-order chi connectivity index (χ0) is 50.1. The number of nitrogens with two attached hydrogens (primary N) is 1. The first-order valence-corrected chi connectivity index (χ1v) is 27.5. The number of aromatic nitrogens is 4. The van der Waals surface area contributed by atoms with E-state index in [4.69, 9.17) is 24.3 Å². The van der Waals surface area contributed by atoms with Crippen LogP contribution < -0.4 is 16.4 Å². The number of unbranched alkanes of at least 4 members (excludes halogenated alkanes) is 4. The number of nitrogens with zero attached hydrogens (tertiary/aromatic N) is 4. The van der Waals surface area contributed by atoms with Crippen LogP contribution in [0.4, 0.5) is 5.82 Å². The number of thioether (sulfide) groups is 1. The normalized spacial score (nSPS) is 23.2. The van der Waals surface area contributed by atoms with Crippen LogP contribution >= 0.6 is 35.2 Å². The molecule has 0 spiro atoms. The van der Waals surface area contributed by atoms with E-state index in [1.54, 1.807) is 0 Å². The Balaban J connectivity index is 1.08. The van der Waals surface area contributed by atoms with E-state index in [-0.39, 0.29) is 41.6 Å². The Morgan fingerprint density at radius 2 is 1.66 bits per heavy atom. The van der Waals surface area contributed by atoms with Gasteiger partial charge in [-0.2, -0.15) is 4.31 Å². The van der Waals surface area contributed by atoms with E-state index in [1.165, 1.54) is 33.1 Å². The molecule has 2 aromatic rings. The predicted octanol–water partition coefficient (Wildman–Crippen LogP) is 3.47. The molecule has 25 nitrogen and oxygen atoms in total. The van der Waals surface area contributed by atoms with E-state index in [0.29, 0.717) is 24.4 Å². The van der Waals surface area contributed by atoms with Crippen LogP contribution in [0.2, 0.25) is 0 Å². The number of imidazole rings is 1. The molecule has 68 heavy (non-hydrogen) atoms. The van der Waals surface area contributed by atoms with Gasteiger partial charge in [0.15, 0.2) is 22.8 Å². The minimum absolute atomic E-state index is 0.0263. The molecule has 2 aliphatic rings. The average Bonchev–Trinajstić information content (AvgIpc) is 3.75. The van der Waals surface area contributed by atoms with Crippen LogP contribution in [-0.4, -0.2) is 135 Å². The summed E-state index contributed by atoms with van der Waals surface area (Å²) in [6, 6.07) is 0. The molecule has 0 aliphatic carbocycles. The smallest absolute Gasteiger partial charge is 0.386 e. The lowest BCUT2D eigenvalue weighted by atomic mass is 9.87. The number of ether oxygens (including phenoxy) is 2. The molecule has 0 saturated carbocycles. The summed E-state index contributed by atoms with van der Waals surface area (Å²) >= 11 is 1.12. The molecule has 0 radical (unpaired) electrons. The Kier molecular flexibility index (Phi) is 22.9. The van der Waals surface area contributed by atoms with Crippen molar-refractivity contribution in [2.24, 2.45) is 5.41 Å². The quantitative estimate of drug-likeness (QED) is 0.0219. The molecule has 9 unspecified atom stereocenters. The summed E-state index contributed by atoms with van der Waals surface area (Å²) < 4.78 is 68.1. The number of carbonyl (C=O) groups is 3. The summed E-state index contributed by atoms with van der Waals surface area (Å²) in [7, 11) is -16.4. The third-order valence-corrected chi connectivity index (χ3v) is 14.6. The lowest BCUT2D eigenvalue weighted by Crippen LogP contribution is -2.46. The predicted molar refractivity (Wildman–Crippen MR) is 246 cm³/mol. The summed E-state index contributed by atoms with van der Waals surface area (Å²) in [5.74, 6) is -1.07. The number of fused-ring (bicyclic) bond motifs is 1. The summed E-state index contributed by atoms with van der Waals surface area (Å²) in [4.78, 5) is 88.4. The number of hydrogen-bond donors (Lipinski definition) is 9. The first-order chi connectivity index (χ1) is 32.0. The third-order valence-electron chi connectivity index (χ3n) is 10.5. The molecule has 10 N–H and O–H groups in total. The van der Waals surface area contributed by atoms with Crippen molar-refractivity contribution in [1.29, 1.82) is 0 Å². The molecule has 0 aromatic carbocycles. The highest BCUT2D eigenvalue weighted by molar-refractivity contribution is 8.13. The fourth-order valence-electron chi connectivity index (χ4n) is 6.75. The number of allylic oxidation sites excluding steroid dienone is 3. The van der Waals surface area contributed by atoms with Crippen molar-refractivity contribution in [3.05, 3.63) is 37.0 Å². The lowest BCUT2D eigenvalue weighted by molar-refractivity contribution is -0.137. The van der Waals surface area contributed by atoms with E-state index in [0.717, 1.165) is 67.5 Å². The highest BCUT2D eigenvalue weighted by Gasteiger charge is 2.50. The maximum atomic E-state index is 12.7. The van der Waals surface area contributed by atoms with E-state index < -0.39 is 84.6 Å². The van der Waals surface area contributed by atoms with E-state index in [1.807, 2.05) is 0 Å². The number of hydrogen-bond acceptors (Lipinski definition) is 19. The molecule has 2 aromatic heterocycles. The highest BCUT2D eigenvalue weighted by Crippen LogP contribution is 2.61. The van der Waals surface area contributed by atoms with E-state index in [9.17, 15) is 57.9 Å². The molecule has 9 atom stereocenters. The Bertz CT molecular complexity index is 2180. The van der Waals surface area contributed by atoms with Crippen LogP contribution in [-0.2, 0) is 55.4 Å². The Labute approximate surface area is 397 Å². The third kappa shape index (κ3) is 19.7. The van der Waals surface area contributed by atoms with E-state index >= 15 is 0 Å². The Morgan fingerprint density at radius 3 is 2.40 bits per heavy atom. The number of anilines is 1. The van der Waals surface area contributed by atoms with Gasteiger partial charge in [-0.05, 0) is 38.5 Å². The molecule has 384 valence electrons. The number of phosphoric ester groups is 3. The molecule has 29 heteroatoms. The van der Waals surface area contributed by atoms with Gasteiger partial charge in [0, 0.05) is 37.1 Å². The van der Waals surface area contributed by atoms with Crippen LogP contribution in [0, 0.1) is 5.41 Å². The number of epoxide rings is 1. The second kappa shape index (κ2) is 27.0. The van der Waals surface area contributed by atoms with Crippen LogP contribution in [0.1, 0.15) is 97.6 Å². The highest BCUT2D eigenvalue weighted by atomic mass is 32.2. The Hall–Kier alpha value is -3.00. The second-order valence-corrected chi connectivity index (χ2v) is 22.0. The van der Waals surface area contributed by atoms with Crippen molar-refractivity contribution in [3.63, 3.8) is 0 Å². The van der Waals surface area contributed by atoms with Crippen molar-refractivity contribution < 1.29 is 85.2 Å². The van der Waals surface area contributed by atoms with Crippen LogP contribution in [0.3, 0.4) is 0 Å². The molecular weight excluding hydrogens is 979 g/mol. The van der Waals surface area contributed by atoms with Gasteiger partial charge in [0.25, 0.3) is 0 Å². The van der Waals surface area contributed by atoms with Gasteiger partial charge in [-0.15, -0.1) is 0 Å². The summed E-state index contributed by atoms with van der Waals surface area (Å²) in [6.07, 6.45) is 12.1. The number of nitrogens with one attached hydrogen (secondary N) is 2. The van der Waals surface area contributed by atoms with Crippen LogP contribution in [0.25, 0.3) is 11.2 Å². The van der Waals surface area contributed by atoms with Crippen LogP contribution in [0.5, 0.6) is 0 Å². The number of nitrogen functional groups attached to an aromatic ring is 1. The monoisotopic (exact) mass is 1040 g/mol. The number of rotatable bonds is 32. The number of amides is 2. The van der Waals surface area contributed by atoms with Crippen molar-refractivity contribution in [3.8, 4) is 0 Å². The van der Waals surface area contributed by atoms with Crippen molar-refractivity contribution in [2.45, 2.75) is 134 Å². The van der Waals surface area contributed by atoms with Crippen molar-refractivity contribution in [1.82, 2.24) is 30.2 Å². The topological polar surface area (TPSA) is 376 Å². The van der Waals surface area contributed by atoms with Gasteiger partial charge in [0.1, 0.15) is 36.3 Å². The van der Waals surface area contributed by atoms with Crippen LogP contribution in [0.15, 0.2) is 37.0 Å². The van der Waals surface area contributed by atoms with Gasteiger partial charge >= 0.3 is 23.5 Å². The molecule has 2 fully saturated rings. The summed E-state index contributed by atoms with van der Waals surface area (Å²) in [5, 5.41) is 26.6. The summed E-state index contributed by atoms with van der Waals surface area (Å²) in [5.41, 5.74) is 4.27. The van der Waals surface area contributed by atoms with E-state index in [2.05, 4.69) is 65.6 Å². The lowest BCUT2D eigenvalue weighted by Gasteiger charge is -2.30. The minimum atomic E-state index is -5.58. The van der Waals surface area contributed by atoms with Gasteiger partial charge in [-0.25, -0.2) is 28.6 Å². The molecular formula is C39H64N7O18P3S. The molecule has 4 heterocycles. The molecule has 2 amide bonds. The zero-order valence-corrected chi connectivity index (χ0v) is 41.5. The largest absolute Gasteiger partial charge is 0.481 e. The number of aliphatic hydroxyl groups is 2.